The number of anilines is 1. The molecular weight excluding hydrogens is 360 g/mol. The van der Waals surface area contributed by atoms with Crippen molar-refractivity contribution in [3.63, 3.8) is 0 Å². The van der Waals surface area contributed by atoms with Crippen LogP contribution in [0.5, 0.6) is 0 Å². The predicted octanol–water partition coefficient (Wildman–Crippen LogP) is 0.924. The number of carbonyl (C=O) groups excluding carboxylic acids is 1. The molecule has 5 nitrogen and oxygen atoms in total. The fourth-order valence-electron chi connectivity index (χ4n) is 3.55. The highest BCUT2D eigenvalue weighted by Crippen LogP contribution is 2.14. The van der Waals surface area contributed by atoms with Gasteiger partial charge in [-0.25, -0.2) is 4.79 Å². The van der Waals surface area contributed by atoms with Crippen molar-refractivity contribution in [2.75, 3.05) is 45.1 Å². The van der Waals surface area contributed by atoms with E-state index in [-0.39, 0.29) is 12.1 Å². The van der Waals surface area contributed by atoms with Gasteiger partial charge in [0.1, 0.15) is 32.2 Å². The first-order valence-corrected chi connectivity index (χ1v) is 9.92. The van der Waals surface area contributed by atoms with Crippen LogP contribution in [0.1, 0.15) is 17.2 Å². The zero-order chi connectivity index (χ0) is 19.2. The third kappa shape index (κ3) is 5.70. The van der Waals surface area contributed by atoms with Crippen LogP contribution in [0.4, 0.5) is 10.5 Å². The molecule has 2 aromatic rings. The average molecular weight is 389 g/mol. The van der Waals surface area contributed by atoms with Gasteiger partial charge in [-0.15, -0.1) is 0 Å². The molecule has 1 fully saturated rings. The first-order valence-electron chi connectivity index (χ1n) is 9.54. The van der Waals surface area contributed by atoms with Gasteiger partial charge < -0.3 is 20.4 Å². The zero-order valence-electron chi connectivity index (χ0n) is 16.0. The summed E-state index contributed by atoms with van der Waals surface area (Å²) in [5.74, 6) is 0. The molecule has 0 unspecified atom stereocenters. The van der Waals surface area contributed by atoms with E-state index in [0.29, 0.717) is 11.6 Å². The fraction of sp³-hybridized carbons (Fsp3) is 0.381. The van der Waals surface area contributed by atoms with E-state index in [9.17, 15) is 4.79 Å². The summed E-state index contributed by atoms with van der Waals surface area (Å²) in [6.45, 7) is 7.26. The van der Waals surface area contributed by atoms with Crippen LogP contribution in [0.25, 0.3) is 0 Å². The minimum atomic E-state index is -0.186. The number of halogens is 1. The van der Waals surface area contributed by atoms with Gasteiger partial charge in [0, 0.05) is 16.3 Å². The van der Waals surface area contributed by atoms with Gasteiger partial charge in [-0.2, -0.15) is 0 Å². The molecule has 3 rings (SSSR count). The van der Waals surface area contributed by atoms with Crippen LogP contribution in [-0.4, -0.2) is 45.8 Å². The summed E-state index contributed by atoms with van der Waals surface area (Å²) in [7, 11) is 2.25. The van der Waals surface area contributed by atoms with E-state index in [1.807, 2.05) is 0 Å². The highest BCUT2D eigenvalue weighted by atomic mass is 35.5. The number of likely N-dealkylation sites (N-methyl/N-ethyl adjacent to an activating group) is 1. The third-order valence-corrected chi connectivity index (χ3v) is 5.54. The van der Waals surface area contributed by atoms with Crippen molar-refractivity contribution in [1.82, 2.24) is 5.32 Å². The normalized spacial score (nSPS) is 20.7. The molecular formula is C21H29ClN4O+2. The van der Waals surface area contributed by atoms with Crippen molar-refractivity contribution in [2.45, 2.75) is 13.0 Å². The van der Waals surface area contributed by atoms with E-state index < -0.39 is 0 Å². The molecule has 0 radical (unpaired) electrons. The molecule has 0 bridgehead atoms. The number of hydrogen-bond donors (Lipinski definition) is 4. The van der Waals surface area contributed by atoms with E-state index >= 15 is 0 Å². The maximum atomic E-state index is 12.4. The monoisotopic (exact) mass is 388 g/mol. The molecule has 0 saturated carbocycles. The van der Waals surface area contributed by atoms with Gasteiger partial charge in [-0.1, -0.05) is 41.4 Å². The smallest absolute Gasteiger partial charge is 0.319 e. The van der Waals surface area contributed by atoms with Crippen LogP contribution in [-0.2, 0) is 0 Å². The molecule has 0 spiro atoms. The highest BCUT2D eigenvalue weighted by Gasteiger charge is 2.29. The topological polar surface area (TPSA) is 50.0 Å². The summed E-state index contributed by atoms with van der Waals surface area (Å²) in [6, 6.07) is 15.9. The van der Waals surface area contributed by atoms with Crippen LogP contribution in [0, 0.1) is 6.92 Å². The molecule has 2 aromatic carbocycles. The van der Waals surface area contributed by atoms with E-state index in [4.69, 9.17) is 11.6 Å². The van der Waals surface area contributed by atoms with Crippen molar-refractivity contribution in [3.05, 3.63) is 64.7 Å². The Morgan fingerprint density at radius 2 is 1.67 bits per heavy atom. The number of rotatable bonds is 5. The molecule has 144 valence electrons. The van der Waals surface area contributed by atoms with Gasteiger partial charge in [-0.3, -0.25) is 0 Å². The van der Waals surface area contributed by atoms with Crippen LogP contribution in [0.2, 0.25) is 5.02 Å². The van der Waals surface area contributed by atoms with Crippen molar-refractivity contribution in [1.29, 1.82) is 0 Å². The molecule has 6 heteroatoms. The fourth-order valence-corrected chi connectivity index (χ4v) is 3.67. The van der Waals surface area contributed by atoms with Crippen molar-refractivity contribution >= 4 is 23.3 Å². The summed E-state index contributed by atoms with van der Waals surface area (Å²) in [4.78, 5) is 15.5. The minimum absolute atomic E-state index is 0.186. The van der Waals surface area contributed by atoms with Gasteiger partial charge in [0.05, 0.1) is 13.6 Å². The molecule has 1 heterocycles. The summed E-state index contributed by atoms with van der Waals surface area (Å²) in [5.41, 5.74) is 3.27. The summed E-state index contributed by atoms with van der Waals surface area (Å²) in [5, 5.41) is 6.58. The Kier molecular flexibility index (Phi) is 6.72. The quantitative estimate of drug-likeness (QED) is 0.605. The standard InChI is InChI=1S/C21H27ClN4O/c1-16-3-5-17(6-4-16)20(26-13-11-25(2)12-14-26)15-23-21(27)24-19-9-7-18(22)8-10-19/h3-10,20H,11-15H2,1-2H3,(H2,23,24,27)/p+2/t20-/m1/s1. The minimum Gasteiger partial charge on any atom is -0.332 e. The lowest BCUT2D eigenvalue weighted by atomic mass is 10.0. The number of quaternary nitrogens is 2. The van der Waals surface area contributed by atoms with Crippen molar-refractivity contribution in [2.24, 2.45) is 0 Å². The third-order valence-electron chi connectivity index (χ3n) is 5.29. The summed E-state index contributed by atoms with van der Waals surface area (Å²) < 4.78 is 0. The van der Waals surface area contributed by atoms with E-state index in [1.54, 1.807) is 29.2 Å². The number of aryl methyl sites for hydroxylation is 1. The molecule has 0 aromatic heterocycles. The number of urea groups is 1. The number of nitrogens with one attached hydrogen (secondary N) is 4. The van der Waals surface area contributed by atoms with Gasteiger partial charge in [0.15, 0.2) is 0 Å². The largest absolute Gasteiger partial charge is 0.332 e. The Bertz CT molecular complexity index is 740. The molecule has 27 heavy (non-hydrogen) atoms. The summed E-state index contributed by atoms with van der Waals surface area (Å²) in [6.07, 6.45) is 0. The van der Waals surface area contributed by atoms with Crippen molar-refractivity contribution in [3.8, 4) is 0 Å². The number of carbonyl (C=O) groups is 1. The molecule has 0 aliphatic carbocycles. The van der Waals surface area contributed by atoms with Crippen LogP contribution in [0.3, 0.4) is 0 Å². The van der Waals surface area contributed by atoms with E-state index in [1.165, 1.54) is 16.0 Å². The average Bonchev–Trinajstić information content (AvgIpc) is 2.66. The van der Waals surface area contributed by atoms with Gasteiger partial charge in [0.2, 0.25) is 0 Å². The number of amides is 2. The van der Waals surface area contributed by atoms with Crippen LogP contribution in [0.15, 0.2) is 48.5 Å². The predicted molar refractivity (Wildman–Crippen MR) is 110 cm³/mol. The number of hydrogen-bond acceptors (Lipinski definition) is 1. The molecule has 1 aliphatic rings. The van der Waals surface area contributed by atoms with Crippen LogP contribution >= 0.6 is 11.6 Å². The SMILES string of the molecule is Cc1ccc([C@@H](CNC(=O)Nc2ccc(Cl)cc2)[NH+]2CC[NH+](C)CC2)cc1. The second-order valence-electron chi connectivity index (χ2n) is 7.42. The van der Waals surface area contributed by atoms with E-state index in [0.717, 1.165) is 31.9 Å². The lowest BCUT2D eigenvalue weighted by molar-refractivity contribution is -1.02. The first kappa shape index (κ1) is 19.7. The van der Waals surface area contributed by atoms with Gasteiger partial charge >= 0.3 is 6.03 Å². The molecule has 4 N–H and O–H groups in total. The first-order chi connectivity index (χ1) is 13.0. The zero-order valence-corrected chi connectivity index (χ0v) is 16.8. The Hall–Kier alpha value is -2.08. The van der Waals surface area contributed by atoms with Gasteiger partial charge in [0.25, 0.3) is 0 Å². The highest BCUT2D eigenvalue weighted by molar-refractivity contribution is 6.30. The van der Waals surface area contributed by atoms with Crippen molar-refractivity contribution < 1.29 is 14.6 Å². The number of piperazine rings is 1. The number of benzene rings is 2. The second-order valence-corrected chi connectivity index (χ2v) is 7.86. The van der Waals surface area contributed by atoms with Gasteiger partial charge in [-0.05, 0) is 31.2 Å². The lowest BCUT2D eigenvalue weighted by Gasteiger charge is -2.33. The Labute approximate surface area is 166 Å². The van der Waals surface area contributed by atoms with Crippen LogP contribution < -0.4 is 20.4 Å². The Morgan fingerprint density at radius 1 is 1.04 bits per heavy atom. The molecule has 1 aliphatic heterocycles. The molecule has 2 amide bonds. The maximum absolute atomic E-state index is 12.4. The summed E-state index contributed by atoms with van der Waals surface area (Å²) >= 11 is 5.89. The molecule has 1 atom stereocenters. The molecule has 1 saturated heterocycles. The van der Waals surface area contributed by atoms with E-state index in [2.05, 4.69) is 48.9 Å². The maximum Gasteiger partial charge on any atom is 0.319 e. The second kappa shape index (κ2) is 9.22. The lowest BCUT2D eigenvalue weighted by Crippen LogP contribution is -3.27. The Morgan fingerprint density at radius 3 is 2.30 bits per heavy atom. The Balaban J connectivity index is 1.64.